The average Bonchev–Trinajstić information content (AvgIpc) is 2.35. The Bertz CT molecular complexity index is 461. The van der Waals surface area contributed by atoms with Gasteiger partial charge in [0.25, 0.3) is 0 Å². The van der Waals surface area contributed by atoms with Crippen molar-refractivity contribution in [2.45, 2.75) is 25.6 Å². The zero-order valence-electron chi connectivity index (χ0n) is 9.75. The molecule has 7 heteroatoms. The zero-order chi connectivity index (χ0) is 14.4. The Morgan fingerprint density at radius 3 is 2.63 bits per heavy atom. The van der Waals surface area contributed by atoms with Crippen LogP contribution in [-0.4, -0.2) is 29.1 Å². The van der Waals surface area contributed by atoms with Crippen LogP contribution in [0.1, 0.15) is 23.7 Å². The number of carboxylic acid groups (broad SMARTS) is 1. The SMILES string of the molecule is O=CCCc1ccc(OC(F)F)cc1C(O)C(=O)O. The maximum Gasteiger partial charge on any atom is 0.387 e. The number of hydrogen-bond acceptors (Lipinski definition) is 4. The molecule has 1 aromatic rings. The summed E-state index contributed by atoms with van der Waals surface area (Å²) in [5, 5.41) is 18.3. The Labute approximate surface area is 107 Å². The van der Waals surface area contributed by atoms with Gasteiger partial charge in [-0.2, -0.15) is 8.78 Å². The van der Waals surface area contributed by atoms with E-state index < -0.39 is 18.7 Å². The molecule has 0 aliphatic carbocycles. The normalized spacial score (nSPS) is 12.2. The van der Waals surface area contributed by atoms with E-state index >= 15 is 0 Å². The van der Waals surface area contributed by atoms with Gasteiger partial charge < -0.3 is 19.7 Å². The Morgan fingerprint density at radius 2 is 2.11 bits per heavy atom. The van der Waals surface area contributed by atoms with Crippen molar-refractivity contribution in [3.05, 3.63) is 29.3 Å². The van der Waals surface area contributed by atoms with Crippen molar-refractivity contribution < 1.29 is 33.3 Å². The van der Waals surface area contributed by atoms with Gasteiger partial charge in [0.1, 0.15) is 12.0 Å². The van der Waals surface area contributed by atoms with Crippen LogP contribution in [0.4, 0.5) is 8.78 Å². The van der Waals surface area contributed by atoms with E-state index in [4.69, 9.17) is 5.11 Å². The van der Waals surface area contributed by atoms with Crippen molar-refractivity contribution in [3.8, 4) is 5.75 Å². The van der Waals surface area contributed by atoms with E-state index in [1.165, 1.54) is 12.1 Å². The van der Waals surface area contributed by atoms with Crippen LogP contribution < -0.4 is 4.74 Å². The summed E-state index contributed by atoms with van der Waals surface area (Å²) in [5.74, 6) is -1.76. The number of hydrogen-bond donors (Lipinski definition) is 2. The number of halogens is 2. The summed E-state index contributed by atoms with van der Waals surface area (Å²) < 4.78 is 28.3. The highest BCUT2D eigenvalue weighted by atomic mass is 19.3. The minimum Gasteiger partial charge on any atom is -0.479 e. The molecule has 0 saturated carbocycles. The molecule has 0 heterocycles. The molecule has 0 spiro atoms. The van der Waals surface area contributed by atoms with E-state index in [1.807, 2.05) is 0 Å². The van der Waals surface area contributed by atoms with Gasteiger partial charge in [0.15, 0.2) is 6.10 Å². The summed E-state index contributed by atoms with van der Waals surface area (Å²) in [6, 6.07) is 3.61. The number of carbonyl (C=O) groups is 2. The molecule has 104 valence electrons. The largest absolute Gasteiger partial charge is 0.479 e. The first-order valence-corrected chi connectivity index (χ1v) is 5.38. The molecule has 0 radical (unpaired) electrons. The molecule has 0 aliphatic rings. The van der Waals surface area contributed by atoms with Crippen molar-refractivity contribution in [1.82, 2.24) is 0 Å². The highest BCUT2D eigenvalue weighted by Crippen LogP contribution is 2.26. The Kier molecular flexibility index (Phi) is 5.37. The number of aliphatic hydroxyl groups is 1. The average molecular weight is 274 g/mol. The number of rotatable bonds is 7. The van der Waals surface area contributed by atoms with Crippen molar-refractivity contribution in [2.24, 2.45) is 0 Å². The third-order valence-corrected chi connectivity index (χ3v) is 2.40. The zero-order valence-corrected chi connectivity index (χ0v) is 9.75. The molecule has 2 N–H and O–H groups in total. The number of aldehydes is 1. The van der Waals surface area contributed by atoms with Gasteiger partial charge >= 0.3 is 12.6 Å². The highest BCUT2D eigenvalue weighted by molar-refractivity contribution is 5.75. The molecule has 0 aliphatic heterocycles. The monoisotopic (exact) mass is 274 g/mol. The maximum absolute atomic E-state index is 12.1. The van der Waals surface area contributed by atoms with E-state index in [2.05, 4.69) is 4.74 Å². The number of carbonyl (C=O) groups excluding carboxylic acids is 1. The van der Waals surface area contributed by atoms with Crippen LogP contribution in [0, 0.1) is 0 Å². The third kappa shape index (κ3) is 4.29. The number of ether oxygens (including phenoxy) is 1. The maximum atomic E-state index is 12.1. The van der Waals surface area contributed by atoms with Gasteiger partial charge in [-0.15, -0.1) is 0 Å². The molecule has 0 fully saturated rings. The second kappa shape index (κ2) is 6.79. The molecule has 0 amide bonds. The summed E-state index contributed by atoms with van der Waals surface area (Å²) in [5.41, 5.74) is 0.330. The molecule has 0 bridgehead atoms. The van der Waals surface area contributed by atoms with Crippen molar-refractivity contribution in [2.75, 3.05) is 0 Å². The Balaban J connectivity index is 3.09. The predicted octanol–water partition coefficient (Wildman–Crippen LogP) is 1.54. The summed E-state index contributed by atoms with van der Waals surface area (Å²) >= 11 is 0. The lowest BCUT2D eigenvalue weighted by Gasteiger charge is -2.14. The van der Waals surface area contributed by atoms with E-state index in [-0.39, 0.29) is 24.2 Å². The Morgan fingerprint density at radius 1 is 1.42 bits per heavy atom. The lowest BCUT2D eigenvalue weighted by atomic mass is 9.98. The number of aliphatic hydroxyl groups excluding tert-OH is 1. The van der Waals surface area contributed by atoms with Gasteiger partial charge in [-0.1, -0.05) is 6.07 Å². The second-order valence-corrected chi connectivity index (χ2v) is 3.69. The molecule has 0 saturated heterocycles. The van der Waals surface area contributed by atoms with Crippen LogP contribution in [0.3, 0.4) is 0 Å². The van der Waals surface area contributed by atoms with Gasteiger partial charge in [0.05, 0.1) is 0 Å². The van der Waals surface area contributed by atoms with E-state index in [0.29, 0.717) is 11.8 Å². The Hall–Kier alpha value is -2.02. The lowest BCUT2D eigenvalue weighted by Crippen LogP contribution is -2.13. The number of benzene rings is 1. The lowest BCUT2D eigenvalue weighted by molar-refractivity contribution is -0.147. The minimum absolute atomic E-state index is 0.0625. The van der Waals surface area contributed by atoms with Crippen LogP contribution in [0.25, 0.3) is 0 Å². The third-order valence-electron chi connectivity index (χ3n) is 2.40. The molecule has 1 aromatic carbocycles. The minimum atomic E-state index is -3.05. The second-order valence-electron chi connectivity index (χ2n) is 3.69. The fraction of sp³-hybridized carbons (Fsp3) is 0.333. The topological polar surface area (TPSA) is 83.8 Å². The molecule has 19 heavy (non-hydrogen) atoms. The van der Waals surface area contributed by atoms with Gasteiger partial charge in [-0.3, -0.25) is 0 Å². The summed E-state index contributed by atoms with van der Waals surface area (Å²) in [6.45, 7) is -3.05. The molecule has 5 nitrogen and oxygen atoms in total. The molecular weight excluding hydrogens is 262 g/mol. The molecule has 1 unspecified atom stereocenters. The van der Waals surface area contributed by atoms with E-state index in [1.54, 1.807) is 0 Å². The van der Waals surface area contributed by atoms with Crippen molar-refractivity contribution in [3.63, 3.8) is 0 Å². The predicted molar refractivity (Wildman–Crippen MR) is 60.1 cm³/mol. The van der Waals surface area contributed by atoms with Gasteiger partial charge in [0.2, 0.25) is 0 Å². The standard InChI is InChI=1S/C12H12F2O5/c13-12(14)19-8-4-3-7(2-1-5-15)9(6-8)10(16)11(17)18/h3-6,10,12,16H,1-2H2,(H,17,18). The van der Waals surface area contributed by atoms with Crippen LogP contribution in [-0.2, 0) is 16.0 Å². The summed E-state index contributed by atoms with van der Waals surface area (Å²) in [6.07, 6.45) is -0.879. The van der Waals surface area contributed by atoms with Crippen molar-refractivity contribution in [1.29, 1.82) is 0 Å². The first-order valence-electron chi connectivity index (χ1n) is 5.38. The summed E-state index contributed by atoms with van der Waals surface area (Å²) in [7, 11) is 0. The van der Waals surface area contributed by atoms with Crippen LogP contribution >= 0.6 is 0 Å². The first-order chi connectivity index (χ1) is 8.95. The molecule has 1 atom stereocenters. The van der Waals surface area contributed by atoms with Gasteiger partial charge in [-0.25, -0.2) is 4.79 Å². The van der Waals surface area contributed by atoms with Crippen LogP contribution in [0.2, 0.25) is 0 Å². The quantitative estimate of drug-likeness (QED) is 0.737. The number of aliphatic carboxylic acids is 1. The first kappa shape index (κ1) is 15.0. The van der Waals surface area contributed by atoms with Gasteiger partial charge in [-0.05, 0) is 29.7 Å². The number of alkyl halides is 2. The molecular formula is C12H12F2O5. The number of aryl methyl sites for hydroxylation is 1. The fourth-order valence-electron chi connectivity index (χ4n) is 1.58. The van der Waals surface area contributed by atoms with E-state index in [0.717, 1.165) is 6.07 Å². The summed E-state index contributed by atoms with van der Waals surface area (Å²) in [4.78, 5) is 21.1. The van der Waals surface area contributed by atoms with Gasteiger partial charge in [0, 0.05) is 6.42 Å². The van der Waals surface area contributed by atoms with Crippen molar-refractivity contribution >= 4 is 12.3 Å². The smallest absolute Gasteiger partial charge is 0.387 e. The highest BCUT2D eigenvalue weighted by Gasteiger charge is 2.20. The van der Waals surface area contributed by atoms with Crippen LogP contribution in [0.15, 0.2) is 18.2 Å². The fourth-order valence-corrected chi connectivity index (χ4v) is 1.58. The number of carboxylic acids is 1. The molecule has 0 aromatic heterocycles. The molecule has 1 rings (SSSR count). The van der Waals surface area contributed by atoms with E-state index in [9.17, 15) is 23.5 Å². The van der Waals surface area contributed by atoms with Crippen LogP contribution in [0.5, 0.6) is 5.75 Å².